The second-order valence-electron chi connectivity index (χ2n) is 4.69. The Balaban J connectivity index is 1.79. The van der Waals surface area contributed by atoms with Crippen LogP contribution in [0.25, 0.3) is 22.1 Å². The van der Waals surface area contributed by atoms with Gasteiger partial charge in [-0.2, -0.15) is 5.10 Å². The van der Waals surface area contributed by atoms with Crippen molar-refractivity contribution in [2.45, 2.75) is 6.54 Å². The normalized spacial score (nSPS) is 11.5. The molecule has 0 unspecified atom stereocenters. The fourth-order valence-corrected chi connectivity index (χ4v) is 2.46. The van der Waals surface area contributed by atoms with E-state index in [-0.39, 0.29) is 0 Å². The van der Waals surface area contributed by atoms with Crippen molar-refractivity contribution < 1.29 is 0 Å². The molecule has 1 aromatic carbocycles. The molecule has 7 nitrogen and oxygen atoms in total. The zero-order valence-corrected chi connectivity index (χ0v) is 11.5. The van der Waals surface area contributed by atoms with Crippen LogP contribution in [0.15, 0.2) is 30.3 Å². The Morgan fingerprint density at radius 1 is 1.24 bits per heavy atom. The number of benzene rings is 1. The van der Waals surface area contributed by atoms with Gasteiger partial charge in [-0.3, -0.25) is 5.10 Å². The third kappa shape index (κ3) is 1.98. The van der Waals surface area contributed by atoms with Crippen LogP contribution in [0.5, 0.6) is 0 Å². The summed E-state index contributed by atoms with van der Waals surface area (Å²) in [6.45, 7) is 0.514. The molecule has 3 N–H and O–H groups in total. The number of anilines is 1. The third-order valence-electron chi connectivity index (χ3n) is 3.30. The number of aromatic amines is 1. The molecule has 4 aromatic rings. The van der Waals surface area contributed by atoms with Gasteiger partial charge in [0.25, 0.3) is 0 Å². The van der Waals surface area contributed by atoms with Gasteiger partial charge in [-0.15, -0.1) is 5.10 Å². The van der Waals surface area contributed by atoms with Crippen molar-refractivity contribution in [2.24, 2.45) is 0 Å². The van der Waals surface area contributed by atoms with Crippen LogP contribution in [0.1, 0.15) is 5.69 Å². The quantitative estimate of drug-likeness (QED) is 0.590. The monoisotopic (exact) mass is 299 g/mol. The van der Waals surface area contributed by atoms with Gasteiger partial charge >= 0.3 is 0 Å². The lowest BCUT2D eigenvalue weighted by Gasteiger charge is -2.01. The predicted octanol–water partition coefficient (Wildman–Crippen LogP) is 1.99. The summed E-state index contributed by atoms with van der Waals surface area (Å²) < 4.78 is 1.79. The lowest BCUT2D eigenvalue weighted by molar-refractivity contribution is 0.658. The van der Waals surface area contributed by atoms with Crippen LogP contribution < -0.4 is 5.73 Å². The minimum Gasteiger partial charge on any atom is -0.384 e. The maximum absolute atomic E-state index is 5.95. The zero-order chi connectivity index (χ0) is 14.4. The van der Waals surface area contributed by atoms with Gasteiger partial charge in [0, 0.05) is 10.4 Å². The highest BCUT2D eigenvalue weighted by atomic mass is 35.5. The van der Waals surface area contributed by atoms with E-state index in [1.54, 1.807) is 16.8 Å². The highest BCUT2D eigenvalue weighted by Gasteiger charge is 2.10. The second kappa shape index (κ2) is 4.42. The minimum absolute atomic E-state index is 0.446. The number of H-pyrrole nitrogens is 1. The van der Waals surface area contributed by atoms with Crippen LogP contribution in [0.4, 0.5) is 5.82 Å². The van der Waals surface area contributed by atoms with E-state index in [1.165, 1.54) is 0 Å². The van der Waals surface area contributed by atoms with Crippen molar-refractivity contribution in [1.29, 1.82) is 0 Å². The molecule has 0 saturated carbocycles. The first-order chi connectivity index (χ1) is 10.2. The Bertz CT molecular complexity index is 878. The van der Waals surface area contributed by atoms with E-state index in [1.807, 2.05) is 18.2 Å². The molecular formula is C13H10ClN7. The highest BCUT2D eigenvalue weighted by molar-refractivity contribution is 6.31. The fraction of sp³-hybridized carbons (Fsp3) is 0.0769. The molecule has 0 aliphatic heterocycles. The SMILES string of the molecule is Nc1ccc2c(Cn3nnc4cc(Cl)ccc43)[nH]nc2n1. The third-order valence-corrected chi connectivity index (χ3v) is 3.54. The van der Waals surface area contributed by atoms with E-state index in [4.69, 9.17) is 17.3 Å². The number of rotatable bonds is 2. The molecular weight excluding hydrogens is 290 g/mol. The van der Waals surface area contributed by atoms with Gasteiger partial charge in [0.05, 0.1) is 17.8 Å². The van der Waals surface area contributed by atoms with Gasteiger partial charge < -0.3 is 5.73 Å². The maximum Gasteiger partial charge on any atom is 0.183 e. The lowest BCUT2D eigenvalue weighted by Crippen LogP contribution is -2.02. The molecule has 0 radical (unpaired) electrons. The number of nitrogens with one attached hydrogen (secondary N) is 1. The predicted molar refractivity (Wildman–Crippen MR) is 79.9 cm³/mol. The molecule has 104 valence electrons. The van der Waals surface area contributed by atoms with E-state index in [0.29, 0.717) is 23.0 Å². The molecule has 0 amide bonds. The summed E-state index contributed by atoms with van der Waals surface area (Å²) in [5.41, 5.74) is 8.82. The first-order valence-corrected chi connectivity index (χ1v) is 6.67. The van der Waals surface area contributed by atoms with Crippen LogP contribution >= 0.6 is 11.6 Å². The second-order valence-corrected chi connectivity index (χ2v) is 5.13. The summed E-state index contributed by atoms with van der Waals surface area (Å²) in [4.78, 5) is 4.17. The minimum atomic E-state index is 0.446. The van der Waals surface area contributed by atoms with Crippen molar-refractivity contribution in [2.75, 3.05) is 5.73 Å². The average Bonchev–Trinajstić information content (AvgIpc) is 3.03. The largest absolute Gasteiger partial charge is 0.384 e. The number of nitrogens with two attached hydrogens (primary N) is 1. The smallest absolute Gasteiger partial charge is 0.183 e. The Labute approximate surface area is 123 Å². The number of pyridine rings is 1. The van der Waals surface area contributed by atoms with Crippen LogP contribution in [-0.2, 0) is 6.54 Å². The number of aromatic nitrogens is 6. The molecule has 8 heteroatoms. The molecule has 21 heavy (non-hydrogen) atoms. The standard InChI is InChI=1S/C13H10ClN7/c14-7-1-3-11-9(5-7)18-20-21(11)6-10-8-2-4-12(15)16-13(8)19-17-10/h1-5H,6H2,(H3,15,16,17,19). The van der Waals surface area contributed by atoms with E-state index < -0.39 is 0 Å². The molecule has 0 aliphatic carbocycles. The maximum atomic E-state index is 5.95. The Morgan fingerprint density at radius 2 is 2.14 bits per heavy atom. The number of fused-ring (bicyclic) bond motifs is 2. The van der Waals surface area contributed by atoms with Crippen molar-refractivity contribution in [3.63, 3.8) is 0 Å². The number of hydrogen-bond acceptors (Lipinski definition) is 5. The molecule has 0 atom stereocenters. The van der Waals surface area contributed by atoms with Gasteiger partial charge in [0.1, 0.15) is 11.3 Å². The van der Waals surface area contributed by atoms with Gasteiger partial charge in [-0.1, -0.05) is 16.8 Å². The van der Waals surface area contributed by atoms with E-state index in [9.17, 15) is 0 Å². The number of nitrogens with zero attached hydrogens (tertiary/aromatic N) is 5. The summed E-state index contributed by atoms with van der Waals surface area (Å²) in [6.07, 6.45) is 0. The van der Waals surface area contributed by atoms with Crippen molar-refractivity contribution >= 4 is 39.5 Å². The summed E-state index contributed by atoms with van der Waals surface area (Å²) in [5, 5.41) is 17.0. The molecule has 0 spiro atoms. The van der Waals surface area contributed by atoms with Crippen LogP contribution in [0.2, 0.25) is 5.02 Å². The molecule has 0 fully saturated rings. The topological polar surface area (TPSA) is 98.3 Å². The molecule has 0 saturated heterocycles. The highest BCUT2D eigenvalue weighted by Crippen LogP contribution is 2.20. The molecule has 4 rings (SSSR count). The van der Waals surface area contributed by atoms with Gasteiger partial charge in [0.2, 0.25) is 0 Å². The molecule has 3 aromatic heterocycles. The molecule has 0 bridgehead atoms. The fourth-order valence-electron chi connectivity index (χ4n) is 2.30. The summed E-state index contributed by atoms with van der Waals surface area (Å²) >= 11 is 5.95. The van der Waals surface area contributed by atoms with Crippen LogP contribution in [0.3, 0.4) is 0 Å². The van der Waals surface area contributed by atoms with E-state index in [2.05, 4.69) is 25.5 Å². The van der Waals surface area contributed by atoms with Crippen LogP contribution in [0, 0.1) is 0 Å². The Morgan fingerprint density at radius 3 is 3.05 bits per heavy atom. The summed E-state index contributed by atoms with van der Waals surface area (Å²) in [7, 11) is 0. The summed E-state index contributed by atoms with van der Waals surface area (Å²) in [6, 6.07) is 9.14. The zero-order valence-electron chi connectivity index (χ0n) is 10.8. The average molecular weight is 300 g/mol. The first kappa shape index (κ1) is 12.1. The first-order valence-electron chi connectivity index (χ1n) is 6.29. The molecule has 3 heterocycles. The number of hydrogen-bond donors (Lipinski definition) is 2. The summed E-state index contributed by atoms with van der Waals surface area (Å²) in [5.74, 6) is 0.446. The number of halogens is 1. The number of nitrogen functional groups attached to an aromatic ring is 1. The van der Waals surface area contributed by atoms with Crippen molar-refractivity contribution in [3.05, 3.63) is 41.0 Å². The van der Waals surface area contributed by atoms with Gasteiger partial charge in [-0.25, -0.2) is 9.67 Å². The molecule has 0 aliphatic rings. The van der Waals surface area contributed by atoms with E-state index >= 15 is 0 Å². The van der Waals surface area contributed by atoms with Crippen molar-refractivity contribution in [1.82, 2.24) is 30.2 Å². The van der Waals surface area contributed by atoms with Gasteiger partial charge in [-0.05, 0) is 30.3 Å². The van der Waals surface area contributed by atoms with Gasteiger partial charge in [0.15, 0.2) is 5.65 Å². The lowest BCUT2D eigenvalue weighted by atomic mass is 10.2. The van der Waals surface area contributed by atoms with Crippen LogP contribution in [-0.4, -0.2) is 30.2 Å². The Kier molecular flexibility index (Phi) is 2.55. The van der Waals surface area contributed by atoms with E-state index in [0.717, 1.165) is 22.1 Å². The Hall–Kier alpha value is -2.67. The van der Waals surface area contributed by atoms with Crippen molar-refractivity contribution in [3.8, 4) is 0 Å².